The Morgan fingerprint density at radius 2 is 2.14 bits per heavy atom. The Morgan fingerprint density at radius 3 is 2.73 bits per heavy atom. The van der Waals surface area contributed by atoms with Gasteiger partial charge in [-0.2, -0.15) is 4.31 Å². The quantitative estimate of drug-likeness (QED) is 0.784. The predicted octanol–water partition coefficient (Wildman–Crippen LogP) is 1.59. The van der Waals surface area contributed by atoms with Crippen LogP contribution in [-0.2, 0) is 14.8 Å². The largest absolute Gasteiger partial charge is 0.497 e. The van der Waals surface area contributed by atoms with Gasteiger partial charge < -0.3 is 9.64 Å². The Balaban J connectivity index is 2.13. The van der Waals surface area contributed by atoms with Gasteiger partial charge in [0.2, 0.25) is 15.9 Å². The maximum Gasteiger partial charge on any atom is 0.244 e. The molecule has 0 unspecified atom stereocenters. The summed E-state index contributed by atoms with van der Waals surface area (Å²) in [4.78, 5) is 13.2. The van der Waals surface area contributed by atoms with E-state index in [1.807, 2.05) is 0 Å². The van der Waals surface area contributed by atoms with Gasteiger partial charge in [-0.3, -0.25) is 4.79 Å². The van der Waals surface area contributed by atoms with Crippen molar-refractivity contribution in [2.24, 2.45) is 0 Å². The van der Waals surface area contributed by atoms with Gasteiger partial charge in [-0.1, -0.05) is 11.6 Å². The summed E-state index contributed by atoms with van der Waals surface area (Å²) < 4.78 is 31.4. The highest BCUT2D eigenvalue weighted by Gasteiger charge is 2.26. The van der Waals surface area contributed by atoms with Crippen LogP contribution in [0, 0.1) is 0 Å². The summed E-state index contributed by atoms with van der Waals surface area (Å²) in [6.45, 7) is 1.30. The Morgan fingerprint density at radius 1 is 1.41 bits per heavy atom. The number of sulfonamides is 1. The van der Waals surface area contributed by atoms with Crippen molar-refractivity contribution in [3.05, 3.63) is 23.2 Å². The molecular formula is C14H19ClN2O4S. The molecule has 0 aliphatic carbocycles. The highest BCUT2D eigenvalue weighted by molar-refractivity contribution is 7.89. The van der Waals surface area contributed by atoms with Crippen LogP contribution in [0.25, 0.3) is 0 Å². The van der Waals surface area contributed by atoms with E-state index in [0.717, 1.165) is 6.42 Å². The molecule has 0 N–H and O–H groups in total. The number of methoxy groups -OCH3 is 1. The lowest BCUT2D eigenvalue weighted by Gasteiger charge is -2.22. The minimum absolute atomic E-state index is 0.00349. The van der Waals surface area contributed by atoms with Crippen LogP contribution in [0.4, 0.5) is 0 Å². The van der Waals surface area contributed by atoms with Crippen LogP contribution in [0.2, 0.25) is 5.02 Å². The van der Waals surface area contributed by atoms with Crippen molar-refractivity contribution < 1.29 is 17.9 Å². The number of rotatable bonds is 6. The fraction of sp³-hybridized carbons (Fsp3) is 0.500. The smallest absolute Gasteiger partial charge is 0.244 e. The predicted molar refractivity (Wildman–Crippen MR) is 83.6 cm³/mol. The average Bonchev–Trinajstić information content (AvgIpc) is 2.90. The minimum atomic E-state index is -3.73. The van der Waals surface area contributed by atoms with Gasteiger partial charge in [-0.05, 0) is 18.6 Å². The van der Waals surface area contributed by atoms with Crippen LogP contribution in [0.1, 0.15) is 12.8 Å². The zero-order valence-corrected chi connectivity index (χ0v) is 14.2. The number of hydrogen-bond acceptors (Lipinski definition) is 4. The van der Waals surface area contributed by atoms with Crippen molar-refractivity contribution in [2.45, 2.75) is 17.7 Å². The molecule has 0 saturated carbocycles. The molecule has 1 aliphatic rings. The lowest BCUT2D eigenvalue weighted by molar-refractivity contribution is -0.127. The van der Waals surface area contributed by atoms with Gasteiger partial charge >= 0.3 is 0 Å². The Labute approximate surface area is 135 Å². The van der Waals surface area contributed by atoms with Crippen LogP contribution in [0.3, 0.4) is 0 Å². The summed E-state index contributed by atoms with van der Waals surface area (Å²) in [7, 11) is -0.789. The number of carbonyl (C=O) groups is 1. The third-order valence-corrected chi connectivity index (χ3v) is 6.02. The summed E-state index contributed by atoms with van der Waals surface area (Å²) >= 11 is 6.01. The number of carbonyl (C=O) groups excluding carboxylic acids is 1. The number of likely N-dealkylation sites (tertiary alicyclic amines) is 1. The Kier molecular flexibility index (Phi) is 5.31. The number of amides is 1. The third-order valence-electron chi connectivity index (χ3n) is 3.68. The lowest BCUT2D eigenvalue weighted by Crippen LogP contribution is -2.37. The maximum atomic E-state index is 12.6. The van der Waals surface area contributed by atoms with Crippen molar-refractivity contribution in [1.29, 1.82) is 0 Å². The molecule has 22 heavy (non-hydrogen) atoms. The van der Waals surface area contributed by atoms with Gasteiger partial charge in [-0.25, -0.2) is 8.42 Å². The fourth-order valence-electron chi connectivity index (χ4n) is 2.30. The van der Waals surface area contributed by atoms with E-state index < -0.39 is 10.0 Å². The number of hydrogen-bond donors (Lipinski definition) is 0. The molecule has 2 rings (SSSR count). The Hall–Kier alpha value is -1.31. The third kappa shape index (κ3) is 3.53. The first-order valence-corrected chi connectivity index (χ1v) is 8.75. The van der Waals surface area contributed by atoms with Crippen LogP contribution >= 0.6 is 11.6 Å². The SMILES string of the molecule is COc1ccc(Cl)c(S(=O)(=O)N(C)CCN2CCCC2=O)c1. The molecule has 8 heteroatoms. The highest BCUT2D eigenvalue weighted by atomic mass is 35.5. The van der Waals surface area contributed by atoms with Gasteiger partial charge in [-0.15, -0.1) is 0 Å². The first-order valence-electron chi connectivity index (χ1n) is 6.94. The molecular weight excluding hydrogens is 328 g/mol. The molecule has 1 aromatic carbocycles. The topological polar surface area (TPSA) is 66.9 Å². The van der Waals surface area contributed by atoms with Gasteiger partial charge in [0.05, 0.1) is 12.1 Å². The first kappa shape index (κ1) is 17.1. The van der Waals surface area contributed by atoms with Crippen molar-refractivity contribution in [1.82, 2.24) is 9.21 Å². The van der Waals surface area contributed by atoms with E-state index in [1.165, 1.54) is 30.6 Å². The number of nitrogens with zero attached hydrogens (tertiary/aromatic N) is 2. The van der Waals surface area contributed by atoms with Crippen molar-refractivity contribution >= 4 is 27.5 Å². The Bertz CT molecular complexity index is 663. The van der Waals surface area contributed by atoms with E-state index in [1.54, 1.807) is 11.0 Å². The van der Waals surface area contributed by atoms with Gasteiger partial charge in [0.1, 0.15) is 10.6 Å². The molecule has 1 amide bonds. The summed E-state index contributed by atoms with van der Waals surface area (Å²) in [5.74, 6) is 0.497. The summed E-state index contributed by atoms with van der Waals surface area (Å²) in [5, 5.41) is 0.143. The van der Waals surface area contributed by atoms with E-state index in [0.29, 0.717) is 25.3 Å². The van der Waals surface area contributed by atoms with Gasteiger partial charge in [0.25, 0.3) is 0 Å². The molecule has 1 heterocycles. The van der Waals surface area contributed by atoms with Crippen LogP contribution < -0.4 is 4.74 Å². The normalized spacial score (nSPS) is 15.6. The van der Waals surface area contributed by atoms with E-state index in [9.17, 15) is 13.2 Å². The van der Waals surface area contributed by atoms with Crippen LogP contribution in [0.5, 0.6) is 5.75 Å². The summed E-state index contributed by atoms with van der Waals surface area (Å²) in [6, 6.07) is 4.49. The van der Waals surface area contributed by atoms with E-state index in [4.69, 9.17) is 16.3 Å². The first-order chi connectivity index (χ1) is 10.4. The number of halogens is 1. The molecule has 1 aliphatic heterocycles. The molecule has 6 nitrogen and oxygen atoms in total. The summed E-state index contributed by atoms with van der Waals surface area (Å²) in [6.07, 6.45) is 1.37. The van der Waals surface area contributed by atoms with Crippen LogP contribution in [-0.4, -0.2) is 57.3 Å². The van der Waals surface area contributed by atoms with Crippen LogP contribution in [0.15, 0.2) is 23.1 Å². The maximum absolute atomic E-state index is 12.6. The van der Waals surface area contributed by atoms with E-state index >= 15 is 0 Å². The molecule has 0 bridgehead atoms. The second kappa shape index (κ2) is 6.85. The lowest BCUT2D eigenvalue weighted by atomic mass is 10.3. The highest BCUT2D eigenvalue weighted by Crippen LogP contribution is 2.28. The summed E-state index contributed by atoms with van der Waals surface area (Å²) in [5.41, 5.74) is 0. The molecule has 0 atom stereocenters. The molecule has 122 valence electrons. The number of likely N-dealkylation sites (N-methyl/N-ethyl adjacent to an activating group) is 1. The average molecular weight is 347 g/mol. The van der Waals surface area contributed by atoms with Crippen molar-refractivity contribution in [3.8, 4) is 5.75 Å². The van der Waals surface area contributed by atoms with Gasteiger partial charge in [0, 0.05) is 39.2 Å². The number of benzene rings is 1. The van der Waals surface area contributed by atoms with Crippen molar-refractivity contribution in [2.75, 3.05) is 33.8 Å². The second-order valence-corrected chi connectivity index (χ2v) is 7.53. The van der Waals surface area contributed by atoms with E-state index in [2.05, 4.69) is 0 Å². The standard InChI is InChI=1S/C14H19ClN2O4S/c1-16(8-9-17-7-3-4-14(17)18)22(19,20)13-10-11(21-2)5-6-12(13)15/h5-6,10H,3-4,7-9H2,1-2H3. The minimum Gasteiger partial charge on any atom is -0.497 e. The molecule has 0 aromatic heterocycles. The van der Waals surface area contributed by atoms with Gasteiger partial charge in [0.15, 0.2) is 0 Å². The van der Waals surface area contributed by atoms with E-state index in [-0.39, 0.29) is 22.4 Å². The number of ether oxygens (including phenoxy) is 1. The monoisotopic (exact) mass is 346 g/mol. The van der Waals surface area contributed by atoms with Crippen molar-refractivity contribution in [3.63, 3.8) is 0 Å². The zero-order valence-electron chi connectivity index (χ0n) is 12.6. The molecule has 1 aromatic rings. The molecule has 1 fully saturated rings. The molecule has 0 radical (unpaired) electrons. The zero-order chi connectivity index (χ0) is 16.3. The second-order valence-electron chi connectivity index (χ2n) is 5.11. The molecule has 0 spiro atoms. The fourth-order valence-corrected chi connectivity index (χ4v) is 3.95. The molecule has 1 saturated heterocycles.